The summed E-state index contributed by atoms with van der Waals surface area (Å²) in [6.45, 7) is 2.52. The molecule has 0 fully saturated rings. The summed E-state index contributed by atoms with van der Waals surface area (Å²) >= 11 is 0. The summed E-state index contributed by atoms with van der Waals surface area (Å²) in [4.78, 5) is 25.2. The minimum absolute atomic E-state index is 0.0736. The van der Waals surface area contributed by atoms with Crippen molar-refractivity contribution in [3.63, 3.8) is 0 Å². The Balaban J connectivity index is 1.61. The fourth-order valence-electron chi connectivity index (χ4n) is 3.22. The van der Waals surface area contributed by atoms with Crippen LogP contribution in [-0.2, 0) is 6.54 Å². The largest absolute Gasteiger partial charge is 0.474 e. The number of hydrogen-bond donors (Lipinski definition) is 1. The van der Waals surface area contributed by atoms with E-state index in [4.69, 9.17) is 4.74 Å². The quantitative estimate of drug-likeness (QED) is 0.459. The molecule has 0 spiro atoms. The molecule has 0 unspecified atom stereocenters. The van der Waals surface area contributed by atoms with Gasteiger partial charge in [-0.2, -0.15) is 18.3 Å². The van der Waals surface area contributed by atoms with Crippen LogP contribution in [0.25, 0.3) is 22.0 Å². The van der Waals surface area contributed by atoms with Crippen molar-refractivity contribution in [2.75, 3.05) is 5.32 Å². The van der Waals surface area contributed by atoms with Crippen LogP contribution in [0.2, 0.25) is 0 Å². The van der Waals surface area contributed by atoms with Gasteiger partial charge in [-0.15, -0.1) is 0 Å². The van der Waals surface area contributed by atoms with Gasteiger partial charge < -0.3 is 10.1 Å². The van der Waals surface area contributed by atoms with Crippen molar-refractivity contribution in [3.05, 3.63) is 60.9 Å². The molecule has 0 atom stereocenters. The lowest BCUT2D eigenvalue weighted by atomic mass is 10.0. The van der Waals surface area contributed by atoms with Gasteiger partial charge in [0.25, 0.3) is 5.91 Å². The number of anilines is 1. The Hall–Kier alpha value is -4.02. The van der Waals surface area contributed by atoms with Gasteiger partial charge in [-0.05, 0) is 31.5 Å². The number of rotatable bonds is 6. The van der Waals surface area contributed by atoms with Crippen molar-refractivity contribution in [2.24, 2.45) is 0 Å². The molecule has 3 aromatic heterocycles. The first-order valence-corrected chi connectivity index (χ1v) is 9.97. The highest BCUT2D eigenvalue weighted by Gasteiger charge is 2.28. The summed E-state index contributed by atoms with van der Waals surface area (Å²) in [5.74, 6) is -0.180. The van der Waals surface area contributed by atoms with E-state index in [1.807, 2.05) is 13.8 Å². The van der Waals surface area contributed by atoms with Gasteiger partial charge in [-0.25, -0.2) is 9.97 Å². The van der Waals surface area contributed by atoms with Crippen LogP contribution in [0.15, 0.2) is 55.2 Å². The number of aromatic nitrogens is 5. The minimum Gasteiger partial charge on any atom is -0.474 e. The molecule has 170 valence electrons. The second kappa shape index (κ2) is 8.85. The van der Waals surface area contributed by atoms with Gasteiger partial charge >= 0.3 is 6.18 Å². The molecule has 33 heavy (non-hydrogen) atoms. The maximum Gasteiger partial charge on any atom is 0.408 e. The molecule has 8 nitrogen and oxygen atoms in total. The van der Waals surface area contributed by atoms with Crippen LogP contribution >= 0.6 is 0 Å². The molecular formula is C22H19F3N6O2. The van der Waals surface area contributed by atoms with Crippen LogP contribution < -0.4 is 10.1 Å². The van der Waals surface area contributed by atoms with E-state index in [0.717, 1.165) is 4.68 Å². The van der Waals surface area contributed by atoms with Crippen molar-refractivity contribution in [2.45, 2.75) is 32.7 Å². The number of hydrogen-bond acceptors (Lipinski definition) is 6. The topological polar surface area (TPSA) is 94.8 Å². The molecule has 3 heterocycles. The Labute approximate surface area is 186 Å². The molecule has 1 aromatic carbocycles. The smallest absolute Gasteiger partial charge is 0.408 e. The first-order valence-electron chi connectivity index (χ1n) is 9.97. The fourth-order valence-corrected chi connectivity index (χ4v) is 3.22. The number of ether oxygens (including phenoxy) is 1. The van der Waals surface area contributed by atoms with E-state index in [0.29, 0.717) is 33.6 Å². The maximum absolute atomic E-state index is 12.7. The molecule has 4 aromatic rings. The van der Waals surface area contributed by atoms with Gasteiger partial charge in [0.15, 0.2) is 0 Å². The van der Waals surface area contributed by atoms with Crippen molar-refractivity contribution >= 4 is 22.5 Å². The Morgan fingerprint density at radius 2 is 1.94 bits per heavy atom. The molecule has 0 bridgehead atoms. The number of nitrogens with one attached hydrogen (secondary N) is 1. The minimum atomic E-state index is -4.37. The van der Waals surface area contributed by atoms with Crippen LogP contribution in [0.3, 0.4) is 0 Å². The first-order chi connectivity index (χ1) is 15.7. The summed E-state index contributed by atoms with van der Waals surface area (Å²) in [6.07, 6.45) is 2.44. The second-order valence-corrected chi connectivity index (χ2v) is 7.46. The number of halogens is 3. The molecule has 11 heteroatoms. The number of para-hydroxylation sites is 1. The molecule has 1 N–H and O–H groups in total. The Morgan fingerprint density at radius 1 is 1.12 bits per heavy atom. The molecule has 0 aliphatic rings. The van der Waals surface area contributed by atoms with E-state index in [1.165, 1.54) is 31.0 Å². The van der Waals surface area contributed by atoms with Crippen molar-refractivity contribution in [1.82, 2.24) is 24.7 Å². The lowest BCUT2D eigenvalue weighted by Gasteiger charge is -2.11. The summed E-state index contributed by atoms with van der Waals surface area (Å²) in [5.41, 5.74) is 2.12. The van der Waals surface area contributed by atoms with E-state index in [-0.39, 0.29) is 11.8 Å². The van der Waals surface area contributed by atoms with E-state index in [9.17, 15) is 18.0 Å². The van der Waals surface area contributed by atoms with Crippen LogP contribution in [0, 0.1) is 0 Å². The van der Waals surface area contributed by atoms with Crippen molar-refractivity contribution < 1.29 is 22.7 Å². The lowest BCUT2D eigenvalue weighted by molar-refractivity contribution is -0.142. The van der Waals surface area contributed by atoms with Crippen molar-refractivity contribution in [3.8, 4) is 17.0 Å². The van der Waals surface area contributed by atoms with Crippen LogP contribution in [0.5, 0.6) is 5.88 Å². The number of fused-ring (bicyclic) bond motifs is 1. The molecule has 0 saturated carbocycles. The summed E-state index contributed by atoms with van der Waals surface area (Å²) < 4.78 is 44.3. The third-order valence-electron chi connectivity index (χ3n) is 4.52. The van der Waals surface area contributed by atoms with Gasteiger partial charge in [0.1, 0.15) is 12.2 Å². The zero-order valence-electron chi connectivity index (χ0n) is 17.7. The van der Waals surface area contributed by atoms with Crippen molar-refractivity contribution in [1.29, 1.82) is 0 Å². The van der Waals surface area contributed by atoms with Crippen LogP contribution in [0.1, 0.15) is 24.3 Å². The standard InChI is InChI=1S/C22H19F3N6O2/c1-13(2)33-19-10-27-18(9-28-19)21(32)30-17-5-3-4-16-15(6-7-26-20(16)17)14-8-29-31(11-14)12-22(23,24)25/h3-11,13H,12H2,1-2H3,(H,30,32). The highest BCUT2D eigenvalue weighted by atomic mass is 19.4. The Bertz CT molecular complexity index is 1290. The number of carbonyl (C=O) groups excluding carboxylic acids is 1. The van der Waals surface area contributed by atoms with E-state index in [2.05, 4.69) is 25.4 Å². The molecular weight excluding hydrogens is 437 g/mol. The highest BCUT2D eigenvalue weighted by Crippen LogP contribution is 2.31. The number of benzene rings is 1. The van der Waals surface area contributed by atoms with Crippen LogP contribution in [-0.4, -0.2) is 42.9 Å². The molecule has 0 aliphatic heterocycles. The Kier molecular flexibility index (Phi) is 5.95. The van der Waals surface area contributed by atoms with Crippen LogP contribution in [0.4, 0.5) is 18.9 Å². The van der Waals surface area contributed by atoms with Gasteiger partial charge in [0, 0.05) is 23.3 Å². The predicted octanol–water partition coefficient (Wildman–Crippen LogP) is 4.49. The molecule has 1 amide bonds. The number of amides is 1. The third kappa shape index (κ3) is 5.25. The average Bonchev–Trinajstić information content (AvgIpc) is 3.20. The monoisotopic (exact) mass is 456 g/mol. The SMILES string of the molecule is CC(C)Oc1cnc(C(=O)Nc2cccc3c(-c4cnn(CC(F)(F)F)c4)ccnc23)cn1. The fraction of sp³-hybridized carbons (Fsp3) is 0.227. The zero-order chi connectivity index (χ0) is 23.6. The summed E-state index contributed by atoms with van der Waals surface area (Å²) in [6, 6.07) is 6.84. The van der Waals surface area contributed by atoms with E-state index < -0.39 is 18.6 Å². The summed E-state index contributed by atoms with van der Waals surface area (Å²) in [5, 5.41) is 7.21. The van der Waals surface area contributed by atoms with E-state index >= 15 is 0 Å². The number of alkyl halides is 3. The lowest BCUT2D eigenvalue weighted by Crippen LogP contribution is -2.17. The molecule has 0 aliphatic carbocycles. The predicted molar refractivity (Wildman–Crippen MR) is 115 cm³/mol. The second-order valence-electron chi connectivity index (χ2n) is 7.46. The molecule has 0 saturated heterocycles. The Morgan fingerprint density at radius 3 is 2.64 bits per heavy atom. The van der Waals surface area contributed by atoms with Gasteiger partial charge in [0.05, 0.1) is 35.9 Å². The zero-order valence-corrected chi connectivity index (χ0v) is 17.7. The first kappa shape index (κ1) is 22.2. The molecule has 0 radical (unpaired) electrons. The number of carbonyl (C=O) groups is 1. The number of pyridine rings is 1. The van der Waals surface area contributed by atoms with Gasteiger partial charge in [-0.1, -0.05) is 12.1 Å². The van der Waals surface area contributed by atoms with Gasteiger partial charge in [-0.3, -0.25) is 14.5 Å². The number of nitrogens with zero attached hydrogens (tertiary/aromatic N) is 5. The normalized spacial score (nSPS) is 11.7. The van der Waals surface area contributed by atoms with Gasteiger partial charge in [0.2, 0.25) is 5.88 Å². The third-order valence-corrected chi connectivity index (χ3v) is 4.52. The molecule has 4 rings (SSSR count). The maximum atomic E-state index is 12.7. The van der Waals surface area contributed by atoms with E-state index in [1.54, 1.807) is 24.3 Å². The highest BCUT2D eigenvalue weighted by molar-refractivity contribution is 6.09. The summed E-state index contributed by atoms with van der Waals surface area (Å²) in [7, 11) is 0. The average molecular weight is 456 g/mol.